The summed E-state index contributed by atoms with van der Waals surface area (Å²) >= 11 is 0. The first-order chi connectivity index (χ1) is 12.5. The van der Waals surface area contributed by atoms with Gasteiger partial charge in [0.1, 0.15) is 0 Å². The minimum absolute atomic E-state index is 0.0530. The molecule has 1 N–H and O–H groups in total. The summed E-state index contributed by atoms with van der Waals surface area (Å²) in [6.45, 7) is 18.9. The number of benzene rings is 2. The molecule has 27 heavy (non-hydrogen) atoms. The van der Waals surface area contributed by atoms with Crippen molar-refractivity contribution in [3.8, 4) is 11.1 Å². The van der Waals surface area contributed by atoms with Gasteiger partial charge in [0.25, 0.3) is 0 Å². The van der Waals surface area contributed by atoms with Crippen molar-refractivity contribution in [2.75, 3.05) is 5.32 Å². The number of allylic oxidation sites excluding steroid dienone is 1. The Labute approximate surface area is 163 Å². The lowest BCUT2D eigenvalue weighted by Gasteiger charge is -2.33. The van der Waals surface area contributed by atoms with E-state index in [9.17, 15) is 4.79 Å². The number of hydrogen-bond donors (Lipinski definition) is 1. The van der Waals surface area contributed by atoms with E-state index >= 15 is 0 Å². The van der Waals surface area contributed by atoms with Crippen LogP contribution in [0.2, 0.25) is 0 Å². The molecule has 0 amide bonds. The van der Waals surface area contributed by atoms with Crippen LogP contribution in [0, 0.1) is 34.6 Å². The highest BCUT2D eigenvalue weighted by Gasteiger charge is 2.27. The molecule has 2 heteroatoms. The molecule has 0 fully saturated rings. The molecule has 2 aromatic rings. The van der Waals surface area contributed by atoms with Gasteiger partial charge in [0.05, 0.1) is 5.54 Å². The highest BCUT2D eigenvalue weighted by Crippen LogP contribution is 2.43. The van der Waals surface area contributed by atoms with Crippen molar-refractivity contribution in [3.05, 3.63) is 57.2 Å². The van der Waals surface area contributed by atoms with E-state index in [0.717, 1.165) is 22.3 Å². The van der Waals surface area contributed by atoms with Gasteiger partial charge in [-0.05, 0) is 113 Å². The molecule has 0 radical (unpaired) electrons. The summed E-state index contributed by atoms with van der Waals surface area (Å²) in [7, 11) is 0. The summed E-state index contributed by atoms with van der Waals surface area (Å²) in [5.41, 5.74) is 12.8. The Morgan fingerprint density at radius 3 is 2.00 bits per heavy atom. The fraction of sp³-hybridized carbons (Fsp3) is 0.400. The monoisotopic (exact) mass is 361 g/mol. The van der Waals surface area contributed by atoms with E-state index in [2.05, 4.69) is 78.9 Å². The van der Waals surface area contributed by atoms with Crippen LogP contribution in [0.3, 0.4) is 0 Å². The van der Waals surface area contributed by atoms with Crippen LogP contribution >= 0.6 is 0 Å². The molecule has 0 atom stereocenters. The van der Waals surface area contributed by atoms with Crippen molar-refractivity contribution in [3.63, 3.8) is 0 Å². The molecular weight excluding hydrogens is 330 g/mol. The summed E-state index contributed by atoms with van der Waals surface area (Å²) in [5, 5.41) is 3.63. The summed E-state index contributed by atoms with van der Waals surface area (Å²) < 4.78 is 0. The van der Waals surface area contributed by atoms with Crippen molar-refractivity contribution in [2.24, 2.45) is 0 Å². The zero-order chi connectivity index (χ0) is 20.3. The van der Waals surface area contributed by atoms with Crippen molar-refractivity contribution in [1.29, 1.82) is 0 Å². The maximum absolute atomic E-state index is 12.6. The predicted molar refractivity (Wildman–Crippen MR) is 117 cm³/mol. The normalized spacial score (nSPS) is 15.1. The van der Waals surface area contributed by atoms with Crippen molar-refractivity contribution < 1.29 is 4.79 Å². The zero-order valence-corrected chi connectivity index (χ0v) is 18.1. The summed E-state index contributed by atoms with van der Waals surface area (Å²) in [5.74, 6) is 0.136. The molecule has 0 aliphatic carbocycles. The molecule has 3 rings (SSSR count). The summed E-state index contributed by atoms with van der Waals surface area (Å²) in [4.78, 5) is 12.6. The quantitative estimate of drug-likeness (QED) is 0.603. The average Bonchev–Trinajstić information content (AvgIpc) is 2.55. The van der Waals surface area contributed by atoms with Gasteiger partial charge in [0.15, 0.2) is 5.78 Å². The van der Waals surface area contributed by atoms with Gasteiger partial charge in [-0.25, -0.2) is 0 Å². The molecule has 142 valence electrons. The Bertz CT molecular complexity index is 1010. The molecule has 2 aromatic carbocycles. The van der Waals surface area contributed by atoms with E-state index in [-0.39, 0.29) is 11.3 Å². The van der Waals surface area contributed by atoms with Crippen molar-refractivity contribution in [2.45, 2.75) is 67.9 Å². The Kier molecular flexibility index (Phi) is 4.58. The molecule has 2 nitrogen and oxygen atoms in total. The Morgan fingerprint density at radius 2 is 1.41 bits per heavy atom. The van der Waals surface area contributed by atoms with Crippen LogP contribution in [0.1, 0.15) is 71.4 Å². The third-order valence-corrected chi connectivity index (χ3v) is 6.20. The second-order valence-electron chi connectivity index (χ2n) is 8.64. The van der Waals surface area contributed by atoms with E-state index in [1.807, 2.05) is 0 Å². The van der Waals surface area contributed by atoms with Crippen LogP contribution in [0.4, 0.5) is 5.69 Å². The highest BCUT2D eigenvalue weighted by molar-refractivity contribution is 6.04. The molecule has 1 heterocycles. The first kappa shape index (κ1) is 19.4. The number of ketones is 1. The maximum Gasteiger partial charge on any atom is 0.160 e. The molecule has 0 aromatic heterocycles. The lowest BCUT2D eigenvalue weighted by Crippen LogP contribution is -2.31. The van der Waals surface area contributed by atoms with E-state index in [0.29, 0.717) is 0 Å². The number of hydrogen-bond acceptors (Lipinski definition) is 2. The third-order valence-electron chi connectivity index (χ3n) is 6.20. The van der Waals surface area contributed by atoms with Gasteiger partial charge in [-0.3, -0.25) is 4.79 Å². The van der Waals surface area contributed by atoms with Crippen LogP contribution in [0.15, 0.2) is 18.2 Å². The Balaban J connectivity index is 2.38. The van der Waals surface area contributed by atoms with Gasteiger partial charge in [-0.2, -0.15) is 0 Å². The van der Waals surface area contributed by atoms with Gasteiger partial charge in [-0.15, -0.1) is 0 Å². The Morgan fingerprint density at radius 1 is 0.815 bits per heavy atom. The fourth-order valence-electron chi connectivity index (χ4n) is 4.68. The number of fused-ring (bicyclic) bond motifs is 1. The molecule has 0 saturated carbocycles. The van der Waals surface area contributed by atoms with E-state index < -0.39 is 0 Å². The molecule has 0 bridgehead atoms. The average molecular weight is 362 g/mol. The highest BCUT2D eigenvalue weighted by atomic mass is 16.1. The fourth-order valence-corrected chi connectivity index (χ4v) is 4.68. The van der Waals surface area contributed by atoms with Crippen LogP contribution in [-0.4, -0.2) is 11.3 Å². The van der Waals surface area contributed by atoms with E-state index in [1.54, 1.807) is 6.92 Å². The lowest BCUT2D eigenvalue weighted by molar-refractivity contribution is 0.101. The van der Waals surface area contributed by atoms with Gasteiger partial charge in [-0.1, -0.05) is 12.1 Å². The molecule has 1 aliphatic rings. The topological polar surface area (TPSA) is 29.1 Å². The van der Waals surface area contributed by atoms with Gasteiger partial charge in [0.2, 0.25) is 0 Å². The number of anilines is 1. The summed E-state index contributed by atoms with van der Waals surface area (Å²) in [6, 6.07) is 4.35. The first-order valence-electron chi connectivity index (χ1n) is 9.69. The SMILES string of the molecule is CC(=O)c1c(C)c(C)c(C)c(C)c1-c1ccc2c(c1C)C(C)=CC(C)(C)N2. The number of carbonyl (C=O) groups excluding carboxylic acids is 1. The third kappa shape index (κ3) is 3.01. The molecule has 1 aliphatic heterocycles. The second kappa shape index (κ2) is 6.37. The number of carbonyl (C=O) groups is 1. The maximum atomic E-state index is 12.6. The van der Waals surface area contributed by atoms with Gasteiger partial charge in [0, 0.05) is 16.8 Å². The minimum atomic E-state index is -0.0530. The summed E-state index contributed by atoms with van der Waals surface area (Å²) in [6.07, 6.45) is 2.29. The van der Waals surface area contributed by atoms with Gasteiger partial charge >= 0.3 is 0 Å². The molecule has 0 unspecified atom stereocenters. The van der Waals surface area contributed by atoms with Crippen molar-refractivity contribution in [1.82, 2.24) is 0 Å². The van der Waals surface area contributed by atoms with Crippen molar-refractivity contribution >= 4 is 17.0 Å². The predicted octanol–water partition coefficient (Wildman–Crippen LogP) is 6.71. The molecule has 0 spiro atoms. The first-order valence-corrected chi connectivity index (χ1v) is 9.69. The zero-order valence-electron chi connectivity index (χ0n) is 18.1. The smallest absolute Gasteiger partial charge is 0.160 e. The molecular formula is C25H31NO. The van der Waals surface area contributed by atoms with Crippen LogP contribution in [-0.2, 0) is 0 Å². The van der Waals surface area contributed by atoms with Crippen LogP contribution < -0.4 is 5.32 Å². The number of Topliss-reactive ketones (excluding diaryl/α,β-unsaturated/α-hetero) is 1. The molecule has 0 saturated heterocycles. The minimum Gasteiger partial charge on any atom is -0.376 e. The number of nitrogens with one attached hydrogen (secondary N) is 1. The van der Waals surface area contributed by atoms with Crippen LogP contribution in [0.25, 0.3) is 16.7 Å². The number of rotatable bonds is 2. The standard InChI is InChI=1S/C25H31NO/c1-13-12-25(8,9)26-21-11-10-20(18(6)22(13)21)24-17(5)15(3)14(2)16(4)23(24)19(7)27/h10-12,26H,1-9H3. The largest absolute Gasteiger partial charge is 0.376 e. The van der Waals surface area contributed by atoms with E-state index in [4.69, 9.17) is 0 Å². The van der Waals surface area contributed by atoms with Crippen LogP contribution in [0.5, 0.6) is 0 Å². The van der Waals surface area contributed by atoms with E-state index in [1.165, 1.54) is 39.1 Å². The van der Waals surface area contributed by atoms with Gasteiger partial charge < -0.3 is 5.32 Å². The second-order valence-corrected chi connectivity index (χ2v) is 8.64. The Hall–Kier alpha value is -2.35. The lowest BCUT2D eigenvalue weighted by atomic mass is 9.80.